The fraction of sp³-hybridized carbons (Fsp3) is 0.483. The topological polar surface area (TPSA) is 85.4 Å². The van der Waals surface area contributed by atoms with Crippen molar-refractivity contribution in [2.75, 3.05) is 47.5 Å². The van der Waals surface area contributed by atoms with Gasteiger partial charge in [0.25, 0.3) is 5.91 Å². The maximum absolute atomic E-state index is 13.3. The van der Waals surface area contributed by atoms with Gasteiger partial charge < -0.3 is 24.0 Å². The Hall–Kier alpha value is -3.55. The summed E-state index contributed by atoms with van der Waals surface area (Å²) in [6.07, 6.45) is 3.37. The molecule has 8 nitrogen and oxygen atoms in total. The van der Waals surface area contributed by atoms with E-state index in [0.717, 1.165) is 31.4 Å². The number of fused-ring (bicyclic) bond motifs is 1. The van der Waals surface area contributed by atoms with Crippen molar-refractivity contribution < 1.29 is 28.6 Å². The molecule has 0 radical (unpaired) electrons. The Labute approximate surface area is 217 Å². The monoisotopic (exact) mass is 506 g/mol. The summed E-state index contributed by atoms with van der Waals surface area (Å²) in [7, 11) is 4.74. The van der Waals surface area contributed by atoms with Crippen molar-refractivity contribution in [2.24, 2.45) is 5.41 Å². The van der Waals surface area contributed by atoms with Crippen molar-refractivity contribution in [2.45, 2.75) is 38.0 Å². The number of rotatable bonds is 6. The van der Waals surface area contributed by atoms with Gasteiger partial charge in [-0.05, 0) is 66.6 Å². The van der Waals surface area contributed by atoms with Crippen LogP contribution in [-0.2, 0) is 4.79 Å². The Morgan fingerprint density at radius 1 is 0.892 bits per heavy atom. The van der Waals surface area contributed by atoms with Crippen LogP contribution in [-0.4, -0.2) is 74.9 Å². The molecule has 1 aliphatic carbocycles. The first-order chi connectivity index (χ1) is 17.9. The average Bonchev–Trinajstić information content (AvgIpc) is 3.48. The van der Waals surface area contributed by atoms with E-state index in [-0.39, 0.29) is 28.9 Å². The van der Waals surface area contributed by atoms with Crippen LogP contribution >= 0.6 is 0 Å². The highest BCUT2D eigenvalue weighted by atomic mass is 16.5. The first-order valence-electron chi connectivity index (χ1n) is 12.9. The number of ether oxygens (including phenoxy) is 3. The molecule has 0 aromatic heterocycles. The van der Waals surface area contributed by atoms with E-state index in [9.17, 15) is 14.4 Å². The average molecular weight is 507 g/mol. The van der Waals surface area contributed by atoms with Crippen molar-refractivity contribution in [3.8, 4) is 17.2 Å². The lowest BCUT2D eigenvalue weighted by Crippen LogP contribution is -2.44. The van der Waals surface area contributed by atoms with E-state index in [1.165, 1.54) is 0 Å². The predicted octanol–water partition coefficient (Wildman–Crippen LogP) is 3.93. The minimum Gasteiger partial charge on any atom is -0.497 e. The fourth-order valence-corrected chi connectivity index (χ4v) is 6.12. The minimum absolute atomic E-state index is 0.0392. The molecule has 2 amide bonds. The highest BCUT2D eigenvalue weighted by molar-refractivity contribution is 6.02. The van der Waals surface area contributed by atoms with Gasteiger partial charge in [0.2, 0.25) is 5.91 Å². The fourth-order valence-electron chi connectivity index (χ4n) is 6.12. The Kier molecular flexibility index (Phi) is 6.84. The first-order valence-corrected chi connectivity index (χ1v) is 12.9. The van der Waals surface area contributed by atoms with E-state index in [2.05, 4.69) is 0 Å². The summed E-state index contributed by atoms with van der Waals surface area (Å²) >= 11 is 0. The van der Waals surface area contributed by atoms with Gasteiger partial charge in [0.05, 0.1) is 26.9 Å². The van der Waals surface area contributed by atoms with E-state index < -0.39 is 0 Å². The summed E-state index contributed by atoms with van der Waals surface area (Å²) < 4.78 is 16.0. The van der Waals surface area contributed by atoms with Gasteiger partial charge in [0.1, 0.15) is 17.2 Å². The summed E-state index contributed by atoms with van der Waals surface area (Å²) in [4.78, 5) is 42.9. The van der Waals surface area contributed by atoms with Crippen LogP contribution < -0.4 is 14.2 Å². The second kappa shape index (κ2) is 10.1. The number of methoxy groups -OCH3 is 3. The molecule has 2 heterocycles. The minimum atomic E-state index is -0.0982. The summed E-state index contributed by atoms with van der Waals surface area (Å²) in [5.41, 5.74) is 2.17. The summed E-state index contributed by atoms with van der Waals surface area (Å²) in [6, 6.07) is 10.8. The number of benzene rings is 2. The molecule has 2 fully saturated rings. The van der Waals surface area contributed by atoms with Crippen molar-refractivity contribution >= 4 is 17.6 Å². The maximum atomic E-state index is 13.3. The molecule has 0 saturated carbocycles. The van der Waals surface area contributed by atoms with Crippen LogP contribution in [0.1, 0.15) is 64.3 Å². The van der Waals surface area contributed by atoms with Gasteiger partial charge in [-0.25, -0.2) is 0 Å². The Morgan fingerprint density at radius 3 is 2.22 bits per heavy atom. The zero-order valence-electron chi connectivity index (χ0n) is 21.7. The van der Waals surface area contributed by atoms with Crippen LogP contribution in [0.3, 0.4) is 0 Å². The van der Waals surface area contributed by atoms with Gasteiger partial charge in [-0.15, -0.1) is 0 Å². The number of piperidine rings is 1. The lowest BCUT2D eigenvalue weighted by Gasteiger charge is -2.39. The SMILES string of the molecule is COc1ccc(OC)c(C(=O)N2CCC3(CCN(C(=O)CC4CC(=O)c5ccc(OC)cc54)C3)CC2)c1. The molecule has 8 heteroatoms. The van der Waals surface area contributed by atoms with Crippen molar-refractivity contribution in [1.82, 2.24) is 9.80 Å². The van der Waals surface area contributed by atoms with Crippen molar-refractivity contribution in [3.63, 3.8) is 0 Å². The van der Waals surface area contributed by atoms with Crippen LogP contribution in [0.4, 0.5) is 0 Å². The molecule has 1 unspecified atom stereocenters. The van der Waals surface area contributed by atoms with Crippen LogP contribution in [0.5, 0.6) is 17.2 Å². The van der Waals surface area contributed by atoms with Crippen molar-refractivity contribution in [1.29, 1.82) is 0 Å². The van der Waals surface area contributed by atoms with Gasteiger partial charge in [0.15, 0.2) is 5.78 Å². The van der Waals surface area contributed by atoms with Gasteiger partial charge in [-0.2, -0.15) is 0 Å². The highest BCUT2D eigenvalue weighted by Crippen LogP contribution is 2.43. The first kappa shape index (κ1) is 25.1. The molecule has 3 aliphatic rings. The standard InChI is InChI=1S/C29H34N2O6/c1-35-20-4-6-22-23(16-20)19(14-25(22)32)15-27(33)31-13-10-29(18-31)8-11-30(12-9-29)28(34)24-17-21(36-2)5-7-26(24)37-3/h4-7,16-17,19H,8-15,18H2,1-3H3. The number of carbonyl (C=O) groups is 3. The number of carbonyl (C=O) groups excluding carboxylic acids is 3. The maximum Gasteiger partial charge on any atom is 0.257 e. The zero-order valence-corrected chi connectivity index (χ0v) is 21.7. The van der Waals surface area contributed by atoms with Crippen LogP contribution in [0.2, 0.25) is 0 Å². The van der Waals surface area contributed by atoms with Gasteiger partial charge >= 0.3 is 0 Å². The summed E-state index contributed by atoms with van der Waals surface area (Å²) in [5, 5.41) is 0. The Morgan fingerprint density at radius 2 is 1.54 bits per heavy atom. The molecule has 5 rings (SSSR count). The second-order valence-electron chi connectivity index (χ2n) is 10.4. The molecule has 2 aromatic carbocycles. The second-order valence-corrected chi connectivity index (χ2v) is 10.4. The molecular weight excluding hydrogens is 472 g/mol. The number of likely N-dealkylation sites (tertiary alicyclic amines) is 2. The molecule has 0 bridgehead atoms. The third-order valence-electron chi connectivity index (χ3n) is 8.39. The van der Waals surface area contributed by atoms with E-state index in [1.807, 2.05) is 21.9 Å². The number of nitrogens with zero attached hydrogens (tertiary/aromatic N) is 2. The van der Waals surface area contributed by atoms with Gasteiger partial charge in [0, 0.05) is 50.5 Å². The molecule has 37 heavy (non-hydrogen) atoms. The van der Waals surface area contributed by atoms with Gasteiger partial charge in [-0.1, -0.05) is 0 Å². The summed E-state index contributed by atoms with van der Waals surface area (Å²) in [6.45, 7) is 2.72. The third-order valence-corrected chi connectivity index (χ3v) is 8.39. The molecule has 2 aromatic rings. The normalized spacial score (nSPS) is 20.2. The number of ketones is 1. The number of hydrogen-bond donors (Lipinski definition) is 0. The van der Waals surface area contributed by atoms with Crippen LogP contribution in [0, 0.1) is 5.41 Å². The predicted molar refractivity (Wildman–Crippen MR) is 138 cm³/mol. The molecular formula is C29H34N2O6. The molecule has 2 saturated heterocycles. The smallest absolute Gasteiger partial charge is 0.257 e. The van der Waals surface area contributed by atoms with E-state index in [4.69, 9.17) is 14.2 Å². The number of Topliss-reactive ketones (excluding diaryl/α,β-unsaturated/α-hetero) is 1. The lowest BCUT2D eigenvalue weighted by atomic mass is 9.77. The zero-order chi connectivity index (χ0) is 26.2. The quantitative estimate of drug-likeness (QED) is 0.590. The third kappa shape index (κ3) is 4.77. The number of hydrogen-bond acceptors (Lipinski definition) is 6. The lowest BCUT2D eigenvalue weighted by molar-refractivity contribution is -0.131. The summed E-state index contributed by atoms with van der Waals surface area (Å²) in [5.74, 6) is 1.90. The van der Waals surface area contributed by atoms with Crippen LogP contribution in [0.25, 0.3) is 0 Å². The molecule has 196 valence electrons. The van der Waals surface area contributed by atoms with Gasteiger partial charge in [-0.3, -0.25) is 14.4 Å². The molecule has 2 aliphatic heterocycles. The van der Waals surface area contributed by atoms with E-state index in [1.54, 1.807) is 45.6 Å². The Balaban J connectivity index is 1.20. The van der Waals surface area contributed by atoms with Crippen molar-refractivity contribution in [3.05, 3.63) is 53.1 Å². The molecule has 1 atom stereocenters. The van der Waals surface area contributed by atoms with Crippen LogP contribution in [0.15, 0.2) is 36.4 Å². The highest BCUT2D eigenvalue weighted by Gasteiger charge is 2.43. The van der Waals surface area contributed by atoms with E-state index in [0.29, 0.717) is 60.9 Å². The van der Waals surface area contributed by atoms with E-state index >= 15 is 0 Å². The molecule has 1 spiro atoms. The largest absolute Gasteiger partial charge is 0.497 e. The molecule has 0 N–H and O–H groups in total. The number of amides is 2. The Bertz CT molecular complexity index is 1220.